The van der Waals surface area contributed by atoms with E-state index in [2.05, 4.69) is 118 Å². The molecule has 0 spiro atoms. The van der Waals surface area contributed by atoms with Gasteiger partial charge in [0, 0.05) is 12.8 Å². The standard InChI is InChI=1S/C47H72O6/c1-4-7-10-13-16-19-21-22-23-24-26-28-31-34-37-40-46(49)52-43-44(42-51-45(48)39-36-33-30-27-18-15-12-9-6-3)53-47(50)41-38-35-32-29-25-20-17-14-11-8-5-2/h7-13,16-21,27,29,32-33,36,44H,4-6,14-15,22-26,28,30-31,34-35,37-43H2,1-3H3/b10-7-,11-8-,12-9-,16-13-,20-17-,21-19-,27-18-,32-29-,36-33-. The second-order valence-electron chi connectivity index (χ2n) is 12.8. The zero-order valence-corrected chi connectivity index (χ0v) is 33.5. The summed E-state index contributed by atoms with van der Waals surface area (Å²) in [5, 5.41) is 0. The largest absolute Gasteiger partial charge is 0.462 e. The predicted octanol–water partition coefficient (Wildman–Crippen LogP) is 12.9. The highest BCUT2D eigenvalue weighted by atomic mass is 16.6. The van der Waals surface area contributed by atoms with Gasteiger partial charge in [0.1, 0.15) is 13.2 Å². The van der Waals surface area contributed by atoms with Crippen LogP contribution in [0.15, 0.2) is 109 Å². The van der Waals surface area contributed by atoms with Gasteiger partial charge < -0.3 is 14.2 Å². The Labute approximate surface area is 323 Å². The second kappa shape index (κ2) is 40.8. The van der Waals surface area contributed by atoms with Crippen molar-refractivity contribution < 1.29 is 28.6 Å². The molecule has 0 amide bonds. The third kappa shape index (κ3) is 39.1. The average molecular weight is 733 g/mol. The van der Waals surface area contributed by atoms with Gasteiger partial charge >= 0.3 is 17.9 Å². The van der Waals surface area contributed by atoms with Crippen molar-refractivity contribution in [3.05, 3.63) is 109 Å². The van der Waals surface area contributed by atoms with Crippen molar-refractivity contribution in [1.82, 2.24) is 0 Å². The Morgan fingerprint density at radius 2 is 0.868 bits per heavy atom. The number of carbonyl (C=O) groups excluding carboxylic acids is 3. The van der Waals surface area contributed by atoms with Crippen molar-refractivity contribution in [2.45, 2.75) is 155 Å². The highest BCUT2D eigenvalue weighted by Gasteiger charge is 2.19. The van der Waals surface area contributed by atoms with Crippen LogP contribution in [0, 0.1) is 0 Å². The Bertz CT molecular complexity index is 1160. The summed E-state index contributed by atoms with van der Waals surface area (Å²) in [7, 11) is 0. The fraction of sp³-hybridized carbons (Fsp3) is 0.553. The van der Waals surface area contributed by atoms with E-state index in [0.717, 1.165) is 83.5 Å². The van der Waals surface area contributed by atoms with Crippen LogP contribution in [0.2, 0.25) is 0 Å². The van der Waals surface area contributed by atoms with E-state index in [-0.39, 0.29) is 32.0 Å². The van der Waals surface area contributed by atoms with Crippen LogP contribution in [0.5, 0.6) is 0 Å². The molecule has 0 aliphatic carbocycles. The van der Waals surface area contributed by atoms with Crippen molar-refractivity contribution in [3.63, 3.8) is 0 Å². The van der Waals surface area contributed by atoms with Crippen molar-refractivity contribution in [2.24, 2.45) is 0 Å². The summed E-state index contributed by atoms with van der Waals surface area (Å²) in [4.78, 5) is 37.4. The first-order chi connectivity index (χ1) is 26.0. The molecule has 6 nitrogen and oxygen atoms in total. The van der Waals surface area contributed by atoms with Gasteiger partial charge in [0.2, 0.25) is 0 Å². The third-order valence-corrected chi connectivity index (χ3v) is 7.85. The molecule has 53 heavy (non-hydrogen) atoms. The first-order valence-corrected chi connectivity index (χ1v) is 20.4. The molecule has 0 aromatic heterocycles. The lowest BCUT2D eigenvalue weighted by Crippen LogP contribution is -2.30. The van der Waals surface area contributed by atoms with Gasteiger partial charge in [-0.05, 0) is 77.0 Å². The summed E-state index contributed by atoms with van der Waals surface area (Å²) >= 11 is 0. The number of ether oxygens (including phenoxy) is 3. The summed E-state index contributed by atoms with van der Waals surface area (Å²) < 4.78 is 16.4. The van der Waals surface area contributed by atoms with Gasteiger partial charge in [-0.25, -0.2) is 0 Å². The van der Waals surface area contributed by atoms with Crippen LogP contribution in [0.3, 0.4) is 0 Å². The fourth-order valence-electron chi connectivity index (χ4n) is 4.88. The van der Waals surface area contributed by atoms with Gasteiger partial charge in [-0.3, -0.25) is 14.4 Å². The number of hydrogen-bond donors (Lipinski definition) is 0. The van der Waals surface area contributed by atoms with Crippen LogP contribution in [0.1, 0.15) is 149 Å². The van der Waals surface area contributed by atoms with Crippen LogP contribution >= 0.6 is 0 Å². The molecule has 1 atom stereocenters. The van der Waals surface area contributed by atoms with E-state index in [0.29, 0.717) is 12.8 Å². The zero-order chi connectivity index (χ0) is 38.7. The smallest absolute Gasteiger partial charge is 0.309 e. The molecule has 0 aliphatic heterocycles. The fourth-order valence-corrected chi connectivity index (χ4v) is 4.88. The molecular weight excluding hydrogens is 661 g/mol. The lowest BCUT2D eigenvalue weighted by atomic mass is 10.1. The van der Waals surface area contributed by atoms with Gasteiger partial charge in [-0.1, -0.05) is 162 Å². The van der Waals surface area contributed by atoms with E-state index in [1.54, 1.807) is 6.08 Å². The minimum atomic E-state index is -0.843. The van der Waals surface area contributed by atoms with Crippen molar-refractivity contribution in [1.29, 1.82) is 0 Å². The SMILES string of the molecule is CC\C=C/C=C\C=C/CCCCCCCCCC(=O)OCC(COC(=O)C/C=C\C/C=C\C/C=C\CC)OC(=O)CCC/C=C\C/C=C\C/C=C\CC. The lowest BCUT2D eigenvalue weighted by Gasteiger charge is -2.18. The van der Waals surface area contributed by atoms with Gasteiger partial charge in [-0.2, -0.15) is 0 Å². The van der Waals surface area contributed by atoms with E-state index in [1.807, 2.05) is 6.08 Å². The Balaban J connectivity index is 4.54. The summed E-state index contributed by atoms with van der Waals surface area (Å²) in [5.41, 5.74) is 0. The van der Waals surface area contributed by atoms with E-state index in [1.165, 1.54) is 19.3 Å². The van der Waals surface area contributed by atoms with Crippen molar-refractivity contribution in [2.75, 3.05) is 13.2 Å². The minimum Gasteiger partial charge on any atom is -0.462 e. The Hall–Kier alpha value is -3.93. The monoisotopic (exact) mass is 733 g/mol. The quantitative estimate of drug-likeness (QED) is 0.0215. The first kappa shape index (κ1) is 49.1. The van der Waals surface area contributed by atoms with Gasteiger partial charge in [0.25, 0.3) is 0 Å². The molecular formula is C47H72O6. The summed E-state index contributed by atoms with van der Waals surface area (Å²) in [6, 6.07) is 0. The highest BCUT2D eigenvalue weighted by Crippen LogP contribution is 2.11. The summed E-state index contributed by atoms with van der Waals surface area (Å²) in [6.45, 7) is 6.07. The van der Waals surface area contributed by atoms with Crippen LogP contribution in [0.25, 0.3) is 0 Å². The molecule has 296 valence electrons. The number of esters is 3. The number of allylic oxidation sites excluding steroid dienone is 17. The number of rotatable bonds is 34. The molecule has 0 saturated heterocycles. The van der Waals surface area contributed by atoms with Crippen molar-refractivity contribution in [3.8, 4) is 0 Å². The molecule has 0 radical (unpaired) electrons. The van der Waals surface area contributed by atoms with Crippen LogP contribution in [0.4, 0.5) is 0 Å². The molecule has 1 unspecified atom stereocenters. The van der Waals surface area contributed by atoms with E-state index in [9.17, 15) is 14.4 Å². The normalized spacial score (nSPS) is 13.2. The molecule has 0 aromatic rings. The van der Waals surface area contributed by atoms with Crippen molar-refractivity contribution >= 4 is 17.9 Å². The van der Waals surface area contributed by atoms with Gasteiger partial charge in [-0.15, -0.1) is 0 Å². The summed E-state index contributed by atoms with van der Waals surface area (Å²) in [6.07, 6.45) is 54.0. The minimum absolute atomic E-state index is 0.118. The second-order valence-corrected chi connectivity index (χ2v) is 12.8. The van der Waals surface area contributed by atoms with Gasteiger partial charge in [0.05, 0.1) is 6.42 Å². The number of unbranched alkanes of at least 4 members (excludes halogenated alkanes) is 8. The zero-order valence-electron chi connectivity index (χ0n) is 33.5. The molecule has 6 heteroatoms. The molecule has 0 heterocycles. The maximum absolute atomic E-state index is 12.6. The lowest BCUT2D eigenvalue weighted by molar-refractivity contribution is -0.166. The predicted molar refractivity (Wildman–Crippen MR) is 223 cm³/mol. The topological polar surface area (TPSA) is 78.9 Å². The Kier molecular flexibility index (Phi) is 37.8. The number of carbonyl (C=O) groups is 3. The molecule has 0 saturated carbocycles. The van der Waals surface area contributed by atoms with Crippen LogP contribution < -0.4 is 0 Å². The molecule has 0 fully saturated rings. The molecule has 0 rings (SSSR count). The molecule has 0 N–H and O–H groups in total. The molecule has 0 aliphatic rings. The van der Waals surface area contributed by atoms with E-state index >= 15 is 0 Å². The first-order valence-electron chi connectivity index (χ1n) is 20.4. The highest BCUT2D eigenvalue weighted by molar-refractivity contribution is 5.72. The number of hydrogen-bond acceptors (Lipinski definition) is 6. The summed E-state index contributed by atoms with van der Waals surface area (Å²) in [5.74, 6) is -1.15. The van der Waals surface area contributed by atoms with Crippen LogP contribution in [-0.2, 0) is 28.6 Å². The molecule has 0 bridgehead atoms. The van der Waals surface area contributed by atoms with E-state index < -0.39 is 18.0 Å². The third-order valence-electron chi connectivity index (χ3n) is 7.85. The Morgan fingerprint density at radius 1 is 0.415 bits per heavy atom. The Morgan fingerprint density at radius 3 is 1.47 bits per heavy atom. The maximum Gasteiger partial charge on any atom is 0.309 e. The molecule has 0 aromatic carbocycles. The average Bonchev–Trinajstić information content (AvgIpc) is 3.15. The van der Waals surface area contributed by atoms with Crippen LogP contribution in [-0.4, -0.2) is 37.2 Å². The van der Waals surface area contributed by atoms with Gasteiger partial charge in [0.15, 0.2) is 6.10 Å². The van der Waals surface area contributed by atoms with E-state index in [4.69, 9.17) is 14.2 Å². The maximum atomic E-state index is 12.6.